The molecule has 0 radical (unpaired) electrons. The van der Waals surface area contributed by atoms with Gasteiger partial charge in [-0.1, -0.05) is 31.9 Å². The maximum Gasteiger partial charge on any atom is 0.573 e. The Labute approximate surface area is 112 Å². The predicted molar refractivity (Wildman–Crippen MR) is 63.6 cm³/mol. The first kappa shape index (κ1) is 14.5. The lowest BCUT2D eigenvalue weighted by Gasteiger charge is -2.12. The lowest BCUT2D eigenvalue weighted by molar-refractivity contribution is -0.274. The molecule has 0 aliphatic rings. The van der Waals surface area contributed by atoms with Gasteiger partial charge >= 0.3 is 6.36 Å². The van der Waals surface area contributed by atoms with Crippen molar-refractivity contribution in [3.8, 4) is 5.75 Å². The summed E-state index contributed by atoms with van der Waals surface area (Å²) < 4.78 is 40.7. The van der Waals surface area contributed by atoms with Crippen LogP contribution < -0.4 is 4.74 Å². The molecule has 0 unspecified atom stereocenters. The van der Waals surface area contributed by atoms with E-state index in [0.29, 0.717) is 9.80 Å². The molecule has 94 valence electrons. The summed E-state index contributed by atoms with van der Waals surface area (Å²) >= 11 is 6.15. The molecular formula is C10H7Br2F3O2. The van der Waals surface area contributed by atoms with Crippen LogP contribution in [-0.2, 0) is 0 Å². The molecule has 0 amide bonds. The van der Waals surface area contributed by atoms with E-state index in [4.69, 9.17) is 0 Å². The number of Topliss-reactive ketones (excluding diaryl/α,β-unsaturated/α-hetero) is 1. The highest BCUT2D eigenvalue weighted by Gasteiger charge is 2.32. The zero-order valence-corrected chi connectivity index (χ0v) is 11.5. The molecule has 0 saturated carbocycles. The monoisotopic (exact) mass is 374 g/mol. The van der Waals surface area contributed by atoms with Crippen molar-refractivity contribution in [2.45, 2.75) is 12.8 Å². The zero-order valence-electron chi connectivity index (χ0n) is 8.35. The zero-order chi connectivity index (χ0) is 13.1. The number of rotatable bonds is 4. The van der Waals surface area contributed by atoms with Crippen molar-refractivity contribution in [2.24, 2.45) is 0 Å². The molecule has 7 heteroatoms. The molecule has 0 bridgehead atoms. The topological polar surface area (TPSA) is 26.3 Å². The summed E-state index contributed by atoms with van der Waals surface area (Å²) in [6.07, 6.45) is -4.71. The summed E-state index contributed by atoms with van der Waals surface area (Å²) in [5, 5.41) is 0.379. The first-order valence-electron chi connectivity index (χ1n) is 4.48. The Morgan fingerprint density at radius 2 is 2.00 bits per heavy atom. The molecule has 0 fully saturated rings. The number of carbonyl (C=O) groups excluding carboxylic acids is 1. The van der Waals surface area contributed by atoms with E-state index in [-0.39, 0.29) is 12.0 Å². The molecule has 0 atom stereocenters. The summed E-state index contributed by atoms with van der Waals surface area (Å²) in [5.74, 6) is -0.894. The summed E-state index contributed by atoms with van der Waals surface area (Å²) in [6.45, 7) is 0. The van der Waals surface area contributed by atoms with E-state index in [2.05, 4.69) is 36.6 Å². The van der Waals surface area contributed by atoms with E-state index < -0.39 is 17.9 Å². The van der Waals surface area contributed by atoms with E-state index in [1.165, 1.54) is 12.1 Å². The van der Waals surface area contributed by atoms with Crippen molar-refractivity contribution < 1.29 is 22.7 Å². The summed E-state index contributed by atoms with van der Waals surface area (Å²) in [4.78, 5) is 11.6. The molecule has 1 aromatic rings. The lowest BCUT2D eigenvalue weighted by Crippen LogP contribution is -2.19. The van der Waals surface area contributed by atoms with Gasteiger partial charge in [0.05, 0.1) is 5.56 Å². The van der Waals surface area contributed by atoms with Gasteiger partial charge in [-0.25, -0.2) is 0 Å². The maximum absolute atomic E-state index is 12.1. The Morgan fingerprint density at radius 3 is 2.53 bits per heavy atom. The minimum Gasteiger partial charge on any atom is -0.405 e. The van der Waals surface area contributed by atoms with E-state index in [1.807, 2.05) is 0 Å². The Morgan fingerprint density at radius 1 is 1.35 bits per heavy atom. The van der Waals surface area contributed by atoms with Crippen molar-refractivity contribution in [1.29, 1.82) is 0 Å². The fraction of sp³-hybridized carbons (Fsp3) is 0.300. The van der Waals surface area contributed by atoms with Crippen LogP contribution in [0.4, 0.5) is 13.2 Å². The van der Waals surface area contributed by atoms with Gasteiger partial charge in [0.2, 0.25) is 0 Å². The second kappa shape index (κ2) is 5.86. The first-order valence-corrected chi connectivity index (χ1v) is 6.39. The average Bonchev–Trinajstić information content (AvgIpc) is 2.19. The number of ether oxygens (including phenoxy) is 1. The van der Waals surface area contributed by atoms with Crippen molar-refractivity contribution >= 4 is 37.6 Å². The summed E-state index contributed by atoms with van der Waals surface area (Å²) in [6, 6.07) is 3.80. The third kappa shape index (κ3) is 4.67. The average molecular weight is 376 g/mol. The molecule has 1 rings (SSSR count). The van der Waals surface area contributed by atoms with Crippen LogP contribution in [0.25, 0.3) is 0 Å². The highest BCUT2D eigenvalue weighted by molar-refractivity contribution is 9.10. The van der Waals surface area contributed by atoms with Gasteiger partial charge in [-0.3, -0.25) is 4.79 Å². The van der Waals surface area contributed by atoms with Crippen LogP contribution in [0, 0.1) is 0 Å². The minimum atomic E-state index is -4.81. The van der Waals surface area contributed by atoms with E-state index >= 15 is 0 Å². The third-order valence-electron chi connectivity index (χ3n) is 1.79. The van der Waals surface area contributed by atoms with Gasteiger partial charge in [-0.15, -0.1) is 13.2 Å². The number of hydrogen-bond acceptors (Lipinski definition) is 2. The Hall–Kier alpha value is -0.560. The standard InChI is InChI=1S/C10H7Br2F3O2/c11-4-3-8(16)7-5-6(12)1-2-9(7)17-10(13,14)15/h1-2,5H,3-4H2. The van der Waals surface area contributed by atoms with Gasteiger partial charge in [0.15, 0.2) is 5.78 Å². The highest BCUT2D eigenvalue weighted by atomic mass is 79.9. The van der Waals surface area contributed by atoms with Gasteiger partial charge in [0.25, 0.3) is 0 Å². The molecule has 0 saturated heterocycles. The highest BCUT2D eigenvalue weighted by Crippen LogP contribution is 2.29. The molecule has 0 N–H and O–H groups in total. The van der Waals surface area contributed by atoms with Crippen molar-refractivity contribution in [1.82, 2.24) is 0 Å². The van der Waals surface area contributed by atoms with Gasteiger partial charge in [-0.05, 0) is 18.2 Å². The van der Waals surface area contributed by atoms with Gasteiger partial charge in [-0.2, -0.15) is 0 Å². The van der Waals surface area contributed by atoms with Crippen LogP contribution in [0.1, 0.15) is 16.8 Å². The quantitative estimate of drug-likeness (QED) is 0.578. The van der Waals surface area contributed by atoms with Crippen LogP contribution in [0.5, 0.6) is 5.75 Å². The number of carbonyl (C=O) groups is 1. The number of ketones is 1. The van der Waals surface area contributed by atoms with Gasteiger partial charge < -0.3 is 4.74 Å². The molecule has 1 aromatic carbocycles. The molecule has 17 heavy (non-hydrogen) atoms. The number of benzene rings is 1. The van der Waals surface area contributed by atoms with Crippen molar-refractivity contribution in [3.63, 3.8) is 0 Å². The first-order chi connectivity index (χ1) is 7.83. The number of alkyl halides is 4. The molecular weight excluding hydrogens is 369 g/mol. The van der Waals surface area contributed by atoms with Crippen LogP contribution in [0.15, 0.2) is 22.7 Å². The van der Waals surface area contributed by atoms with Crippen molar-refractivity contribution in [3.05, 3.63) is 28.2 Å². The van der Waals surface area contributed by atoms with E-state index in [0.717, 1.165) is 6.07 Å². The largest absolute Gasteiger partial charge is 0.573 e. The molecule has 2 nitrogen and oxygen atoms in total. The van der Waals surface area contributed by atoms with E-state index in [9.17, 15) is 18.0 Å². The van der Waals surface area contributed by atoms with Crippen LogP contribution >= 0.6 is 31.9 Å². The third-order valence-corrected chi connectivity index (χ3v) is 2.68. The van der Waals surface area contributed by atoms with Crippen LogP contribution in [0.2, 0.25) is 0 Å². The SMILES string of the molecule is O=C(CCBr)c1cc(Br)ccc1OC(F)(F)F. The molecule has 0 aliphatic carbocycles. The second-order valence-corrected chi connectivity index (χ2v) is 4.76. The van der Waals surface area contributed by atoms with Crippen LogP contribution in [0.3, 0.4) is 0 Å². The summed E-state index contributed by atoms with van der Waals surface area (Å²) in [7, 11) is 0. The Balaban J connectivity index is 3.08. The van der Waals surface area contributed by atoms with Gasteiger partial charge in [0.1, 0.15) is 5.75 Å². The molecule has 0 aromatic heterocycles. The second-order valence-electron chi connectivity index (χ2n) is 3.05. The normalized spacial score (nSPS) is 11.4. The Kier molecular flexibility index (Phi) is 5.00. The lowest BCUT2D eigenvalue weighted by atomic mass is 10.1. The molecule has 0 aliphatic heterocycles. The molecule has 0 heterocycles. The number of halogens is 5. The van der Waals surface area contributed by atoms with Crippen molar-refractivity contribution in [2.75, 3.05) is 5.33 Å². The van der Waals surface area contributed by atoms with E-state index in [1.54, 1.807) is 0 Å². The van der Waals surface area contributed by atoms with Gasteiger partial charge in [0, 0.05) is 16.2 Å². The Bertz CT molecular complexity index is 419. The predicted octanol–water partition coefficient (Wildman–Crippen LogP) is 4.32. The number of hydrogen-bond donors (Lipinski definition) is 0. The fourth-order valence-corrected chi connectivity index (χ4v) is 1.88. The smallest absolute Gasteiger partial charge is 0.405 e. The minimum absolute atomic E-state index is 0.0869. The summed E-state index contributed by atoms with van der Waals surface area (Å²) in [5.41, 5.74) is -0.0869. The fourth-order valence-electron chi connectivity index (χ4n) is 1.15. The maximum atomic E-state index is 12.1. The molecule has 0 spiro atoms. The van der Waals surface area contributed by atoms with Crippen LogP contribution in [-0.4, -0.2) is 17.5 Å².